The van der Waals surface area contributed by atoms with Crippen molar-refractivity contribution in [1.29, 1.82) is 0 Å². The Morgan fingerprint density at radius 3 is 2.38 bits per heavy atom. The van der Waals surface area contributed by atoms with Crippen LogP contribution in [0.25, 0.3) is 0 Å². The van der Waals surface area contributed by atoms with Crippen molar-refractivity contribution in [2.75, 3.05) is 5.32 Å². The third-order valence-electron chi connectivity index (χ3n) is 5.54. The van der Waals surface area contributed by atoms with E-state index in [2.05, 4.69) is 10.3 Å². The zero-order valence-corrected chi connectivity index (χ0v) is 13.1. The second kappa shape index (κ2) is 4.85. The van der Waals surface area contributed by atoms with Gasteiger partial charge in [0.2, 0.25) is 5.91 Å². The van der Waals surface area contributed by atoms with Crippen LogP contribution in [-0.2, 0) is 4.79 Å². The average molecular weight is 325 g/mol. The van der Waals surface area contributed by atoms with Crippen molar-refractivity contribution in [1.82, 2.24) is 4.98 Å². The molecule has 0 spiro atoms. The van der Waals surface area contributed by atoms with E-state index < -0.39 is 4.33 Å². The molecule has 3 fully saturated rings. The molecule has 1 amide bonds. The van der Waals surface area contributed by atoms with Crippen molar-refractivity contribution < 1.29 is 4.79 Å². The SMILES string of the molecule is O=C(Nc1ccccn1)C1[C@@H]2CC[C@@H]3[C@@H](CC[C@@H]12)C3(Cl)Cl. The number of carbonyl (C=O) groups is 1. The summed E-state index contributed by atoms with van der Waals surface area (Å²) >= 11 is 12.6. The van der Waals surface area contributed by atoms with Crippen LogP contribution < -0.4 is 5.32 Å². The first-order chi connectivity index (χ1) is 10.1. The van der Waals surface area contributed by atoms with Crippen molar-refractivity contribution >= 4 is 34.9 Å². The second-order valence-electron chi connectivity index (χ2n) is 6.60. The smallest absolute Gasteiger partial charge is 0.229 e. The van der Waals surface area contributed by atoms with Gasteiger partial charge in [-0.2, -0.15) is 0 Å². The third kappa shape index (κ3) is 2.35. The molecule has 0 bridgehead atoms. The number of rotatable bonds is 2. The van der Waals surface area contributed by atoms with Gasteiger partial charge in [0.1, 0.15) is 10.2 Å². The van der Waals surface area contributed by atoms with Crippen molar-refractivity contribution in [3.8, 4) is 0 Å². The number of amides is 1. The topological polar surface area (TPSA) is 42.0 Å². The average Bonchev–Trinajstić information content (AvgIpc) is 3.24. The summed E-state index contributed by atoms with van der Waals surface area (Å²) in [5.74, 6) is 2.85. The molecule has 1 aromatic rings. The van der Waals surface area contributed by atoms with E-state index in [0.717, 1.165) is 25.7 Å². The molecule has 5 heteroatoms. The highest BCUT2D eigenvalue weighted by molar-refractivity contribution is 6.51. The summed E-state index contributed by atoms with van der Waals surface area (Å²) < 4.78 is -0.484. The molecular formula is C16H18Cl2N2O. The Morgan fingerprint density at radius 1 is 1.14 bits per heavy atom. The highest BCUT2D eigenvalue weighted by Crippen LogP contribution is 2.67. The molecule has 112 valence electrons. The first kappa shape index (κ1) is 13.8. The largest absolute Gasteiger partial charge is 0.310 e. The Balaban J connectivity index is 1.38. The van der Waals surface area contributed by atoms with Gasteiger partial charge in [-0.1, -0.05) is 6.07 Å². The number of carbonyl (C=O) groups excluding carboxylic acids is 1. The molecule has 0 aliphatic heterocycles. The summed E-state index contributed by atoms with van der Waals surface area (Å²) in [6.45, 7) is 0. The lowest BCUT2D eigenvalue weighted by molar-refractivity contribution is -0.117. The number of aromatic nitrogens is 1. The van der Waals surface area contributed by atoms with E-state index in [9.17, 15) is 4.79 Å². The zero-order chi connectivity index (χ0) is 14.6. The highest BCUT2D eigenvalue weighted by Gasteiger charge is 2.65. The fraction of sp³-hybridized carbons (Fsp3) is 0.625. The number of anilines is 1. The number of fused-ring (bicyclic) bond motifs is 2. The molecule has 3 nitrogen and oxygen atoms in total. The van der Waals surface area contributed by atoms with Gasteiger partial charge >= 0.3 is 0 Å². The number of hydrogen-bond acceptors (Lipinski definition) is 2. The molecule has 0 saturated heterocycles. The fourth-order valence-electron chi connectivity index (χ4n) is 4.26. The van der Waals surface area contributed by atoms with Gasteiger partial charge in [-0.3, -0.25) is 4.79 Å². The number of alkyl halides is 2. The predicted molar refractivity (Wildman–Crippen MR) is 83.2 cm³/mol. The van der Waals surface area contributed by atoms with Crippen LogP contribution in [0.1, 0.15) is 25.7 Å². The van der Waals surface area contributed by atoms with Crippen LogP contribution in [0.15, 0.2) is 24.4 Å². The van der Waals surface area contributed by atoms with E-state index in [1.165, 1.54) is 0 Å². The Kier molecular flexibility index (Phi) is 3.20. The molecule has 4 rings (SSSR count). The monoisotopic (exact) mass is 324 g/mol. The van der Waals surface area contributed by atoms with Crippen molar-refractivity contribution in [3.63, 3.8) is 0 Å². The molecule has 1 heterocycles. The minimum Gasteiger partial charge on any atom is -0.310 e. The van der Waals surface area contributed by atoms with Gasteiger partial charge in [-0.25, -0.2) is 4.98 Å². The number of pyridine rings is 1. The van der Waals surface area contributed by atoms with E-state index in [1.54, 1.807) is 6.20 Å². The van der Waals surface area contributed by atoms with Gasteiger partial charge in [0, 0.05) is 12.1 Å². The quantitative estimate of drug-likeness (QED) is 0.839. The summed E-state index contributed by atoms with van der Waals surface area (Å²) in [5.41, 5.74) is 0. The molecule has 0 aromatic carbocycles. The lowest BCUT2D eigenvalue weighted by Gasteiger charge is -2.03. The summed E-state index contributed by atoms with van der Waals surface area (Å²) in [4.78, 5) is 16.5. The number of halogens is 2. The van der Waals surface area contributed by atoms with Gasteiger partial charge in [0.25, 0.3) is 0 Å². The molecule has 3 aliphatic carbocycles. The number of hydrogen-bond donors (Lipinski definition) is 1. The van der Waals surface area contributed by atoms with E-state index in [1.807, 2.05) is 18.2 Å². The Morgan fingerprint density at radius 2 is 1.81 bits per heavy atom. The maximum absolute atomic E-state index is 12.4. The summed E-state index contributed by atoms with van der Waals surface area (Å²) in [6.07, 6.45) is 5.97. The number of nitrogens with zero attached hydrogens (tertiary/aromatic N) is 1. The molecule has 1 aromatic heterocycles. The molecule has 1 N–H and O–H groups in total. The van der Waals surface area contributed by atoms with Gasteiger partial charge in [-0.15, -0.1) is 23.2 Å². The standard InChI is InChI=1S/C16H18Cl2N2O/c17-16(18)11-6-4-9-10(5-7-12(11)16)14(9)15(21)20-13-3-1-2-8-19-13/h1-3,8-12,14H,4-7H2,(H,19,20,21)/t9-,10-,11-,12-/m1/s1. The van der Waals surface area contributed by atoms with E-state index in [-0.39, 0.29) is 11.8 Å². The van der Waals surface area contributed by atoms with E-state index in [0.29, 0.717) is 29.5 Å². The summed E-state index contributed by atoms with van der Waals surface area (Å²) in [7, 11) is 0. The summed E-state index contributed by atoms with van der Waals surface area (Å²) in [6, 6.07) is 5.55. The van der Waals surface area contributed by atoms with Gasteiger partial charge in [-0.05, 0) is 61.5 Å². The minimum atomic E-state index is -0.484. The van der Waals surface area contributed by atoms with Crippen molar-refractivity contribution in [2.24, 2.45) is 29.6 Å². The zero-order valence-electron chi connectivity index (χ0n) is 11.6. The van der Waals surface area contributed by atoms with Crippen LogP contribution in [0.4, 0.5) is 5.82 Å². The molecular weight excluding hydrogens is 307 g/mol. The minimum absolute atomic E-state index is 0.127. The van der Waals surface area contributed by atoms with Crippen LogP contribution in [0.3, 0.4) is 0 Å². The van der Waals surface area contributed by atoms with Crippen LogP contribution in [0.2, 0.25) is 0 Å². The Labute approximate surface area is 134 Å². The van der Waals surface area contributed by atoms with Crippen LogP contribution in [-0.4, -0.2) is 15.2 Å². The highest BCUT2D eigenvalue weighted by atomic mass is 35.5. The second-order valence-corrected chi connectivity index (χ2v) is 8.04. The maximum Gasteiger partial charge on any atom is 0.229 e. The van der Waals surface area contributed by atoms with E-state index in [4.69, 9.17) is 23.2 Å². The first-order valence-electron chi connectivity index (χ1n) is 7.68. The molecule has 3 aliphatic rings. The third-order valence-corrected chi connectivity index (χ3v) is 6.66. The lowest BCUT2D eigenvalue weighted by Crippen LogP contribution is -2.16. The lowest BCUT2D eigenvalue weighted by atomic mass is 10.0. The summed E-state index contributed by atoms with van der Waals surface area (Å²) in [5, 5.41) is 2.94. The predicted octanol–water partition coefficient (Wildman–Crippen LogP) is 3.88. The Hall–Kier alpha value is -0.800. The normalized spacial score (nSPS) is 39.2. The number of nitrogens with one attached hydrogen (secondary N) is 1. The van der Waals surface area contributed by atoms with Gasteiger partial charge in [0.05, 0.1) is 0 Å². The van der Waals surface area contributed by atoms with Crippen LogP contribution in [0.5, 0.6) is 0 Å². The molecule has 3 saturated carbocycles. The molecule has 4 atom stereocenters. The van der Waals surface area contributed by atoms with E-state index >= 15 is 0 Å². The fourth-order valence-corrected chi connectivity index (χ4v) is 5.18. The first-order valence-corrected chi connectivity index (χ1v) is 8.44. The van der Waals surface area contributed by atoms with Crippen LogP contribution in [0, 0.1) is 29.6 Å². The van der Waals surface area contributed by atoms with Gasteiger partial charge in [0.15, 0.2) is 0 Å². The molecule has 0 unspecified atom stereocenters. The maximum atomic E-state index is 12.4. The Bertz CT molecular complexity index is 541. The van der Waals surface area contributed by atoms with Crippen LogP contribution >= 0.6 is 23.2 Å². The van der Waals surface area contributed by atoms with Crippen molar-refractivity contribution in [2.45, 2.75) is 30.0 Å². The van der Waals surface area contributed by atoms with Crippen molar-refractivity contribution in [3.05, 3.63) is 24.4 Å². The molecule has 21 heavy (non-hydrogen) atoms. The van der Waals surface area contributed by atoms with Gasteiger partial charge < -0.3 is 5.32 Å². The molecule has 0 radical (unpaired) electrons.